The van der Waals surface area contributed by atoms with E-state index in [9.17, 15) is 4.21 Å². The summed E-state index contributed by atoms with van der Waals surface area (Å²) >= 11 is -2.06. The Morgan fingerprint density at radius 2 is 2.21 bits per heavy atom. The number of aromatic nitrogens is 1. The standard InChI is InChI=1S/C12H12N4O2S/c17-19(18)16-9-3-4-10-8(6-9)7-14-11-2-1-5-13-12(11)15-10/h1-6,14,16H,7H2,(H,13,15)(H,17,18). The topological polar surface area (TPSA) is 86.3 Å². The minimum atomic E-state index is -2.06. The maximum absolute atomic E-state index is 10.7. The van der Waals surface area contributed by atoms with Gasteiger partial charge in [0, 0.05) is 24.1 Å². The molecular weight excluding hydrogens is 264 g/mol. The largest absolute Gasteiger partial charge is 0.378 e. The van der Waals surface area contributed by atoms with Crippen LogP contribution in [0.15, 0.2) is 36.5 Å². The van der Waals surface area contributed by atoms with Gasteiger partial charge >= 0.3 is 0 Å². The first-order valence-corrected chi connectivity index (χ1v) is 6.79. The number of nitrogens with zero attached hydrogens (tertiary/aromatic N) is 1. The lowest BCUT2D eigenvalue weighted by Crippen LogP contribution is -2.04. The van der Waals surface area contributed by atoms with Crippen LogP contribution in [-0.4, -0.2) is 13.7 Å². The fourth-order valence-electron chi connectivity index (χ4n) is 1.99. The van der Waals surface area contributed by atoms with E-state index in [0.29, 0.717) is 12.2 Å². The molecule has 2 heterocycles. The van der Waals surface area contributed by atoms with Crippen LogP contribution in [0.2, 0.25) is 0 Å². The minimum Gasteiger partial charge on any atom is -0.378 e. The van der Waals surface area contributed by atoms with Gasteiger partial charge in [-0.3, -0.25) is 9.27 Å². The molecule has 19 heavy (non-hydrogen) atoms. The Hall–Kier alpha value is -2.12. The predicted octanol–water partition coefficient (Wildman–Crippen LogP) is 2.30. The van der Waals surface area contributed by atoms with Gasteiger partial charge < -0.3 is 10.6 Å². The number of rotatable bonds is 2. The van der Waals surface area contributed by atoms with E-state index in [4.69, 9.17) is 4.55 Å². The smallest absolute Gasteiger partial charge is 0.259 e. The molecule has 98 valence electrons. The van der Waals surface area contributed by atoms with Gasteiger partial charge in [0.25, 0.3) is 11.3 Å². The van der Waals surface area contributed by atoms with E-state index in [1.807, 2.05) is 24.3 Å². The van der Waals surface area contributed by atoms with E-state index in [1.54, 1.807) is 12.3 Å². The van der Waals surface area contributed by atoms with Crippen molar-refractivity contribution in [3.05, 3.63) is 42.1 Å². The van der Waals surface area contributed by atoms with Crippen molar-refractivity contribution in [2.75, 3.05) is 15.4 Å². The van der Waals surface area contributed by atoms with Gasteiger partial charge in [0.05, 0.1) is 5.69 Å². The average molecular weight is 276 g/mol. The van der Waals surface area contributed by atoms with Crippen LogP contribution in [0.25, 0.3) is 0 Å². The number of hydrogen-bond acceptors (Lipinski definition) is 4. The summed E-state index contributed by atoms with van der Waals surface area (Å²) in [5.41, 5.74) is 3.45. The summed E-state index contributed by atoms with van der Waals surface area (Å²) in [6, 6.07) is 9.24. The molecular formula is C12H12N4O2S. The van der Waals surface area contributed by atoms with Crippen LogP contribution >= 0.6 is 0 Å². The molecule has 1 unspecified atom stereocenters. The van der Waals surface area contributed by atoms with Gasteiger partial charge in [-0.2, -0.15) is 0 Å². The van der Waals surface area contributed by atoms with E-state index in [0.717, 1.165) is 22.8 Å². The lowest BCUT2D eigenvalue weighted by Gasteiger charge is -2.09. The lowest BCUT2D eigenvalue weighted by atomic mass is 10.1. The molecule has 1 aromatic heterocycles. The van der Waals surface area contributed by atoms with E-state index < -0.39 is 11.3 Å². The molecule has 0 amide bonds. The van der Waals surface area contributed by atoms with Crippen molar-refractivity contribution in [2.45, 2.75) is 6.54 Å². The zero-order valence-electron chi connectivity index (χ0n) is 9.88. The van der Waals surface area contributed by atoms with Crippen molar-refractivity contribution in [3.63, 3.8) is 0 Å². The van der Waals surface area contributed by atoms with Gasteiger partial charge in [0.1, 0.15) is 0 Å². The van der Waals surface area contributed by atoms with Crippen LogP contribution in [0.5, 0.6) is 0 Å². The quantitative estimate of drug-likeness (QED) is 0.632. The van der Waals surface area contributed by atoms with Gasteiger partial charge in [0.15, 0.2) is 5.82 Å². The Labute approximate surface area is 112 Å². The maximum Gasteiger partial charge on any atom is 0.259 e. The Kier molecular flexibility index (Phi) is 3.06. The van der Waals surface area contributed by atoms with Gasteiger partial charge in [-0.1, -0.05) is 0 Å². The Morgan fingerprint density at radius 1 is 1.32 bits per heavy atom. The highest BCUT2D eigenvalue weighted by atomic mass is 32.2. The second-order valence-corrected chi connectivity index (χ2v) is 4.80. The molecule has 1 aromatic carbocycles. The van der Waals surface area contributed by atoms with E-state index in [-0.39, 0.29) is 0 Å². The third-order valence-electron chi connectivity index (χ3n) is 2.84. The first-order chi connectivity index (χ1) is 9.22. The third-order valence-corrected chi connectivity index (χ3v) is 3.25. The van der Waals surface area contributed by atoms with Crippen molar-refractivity contribution in [1.82, 2.24) is 4.98 Å². The van der Waals surface area contributed by atoms with Gasteiger partial charge in [0.2, 0.25) is 0 Å². The normalized spacial score (nSPS) is 14.2. The molecule has 3 rings (SSSR count). The van der Waals surface area contributed by atoms with Crippen LogP contribution in [0.1, 0.15) is 5.56 Å². The molecule has 1 aliphatic rings. The number of benzene rings is 1. The highest BCUT2D eigenvalue weighted by molar-refractivity contribution is 7.80. The van der Waals surface area contributed by atoms with Gasteiger partial charge in [-0.15, -0.1) is 0 Å². The van der Waals surface area contributed by atoms with Crippen molar-refractivity contribution >= 4 is 34.1 Å². The Bertz CT molecular complexity index is 647. The van der Waals surface area contributed by atoms with Crippen LogP contribution < -0.4 is 15.4 Å². The Morgan fingerprint density at radius 3 is 3.05 bits per heavy atom. The zero-order valence-corrected chi connectivity index (χ0v) is 10.7. The van der Waals surface area contributed by atoms with Crippen LogP contribution in [-0.2, 0) is 17.8 Å². The lowest BCUT2D eigenvalue weighted by molar-refractivity contribution is 0.570. The second-order valence-electron chi connectivity index (χ2n) is 4.10. The van der Waals surface area contributed by atoms with Crippen LogP contribution in [0.3, 0.4) is 0 Å². The minimum absolute atomic E-state index is 0.599. The summed E-state index contributed by atoms with van der Waals surface area (Å²) in [6.45, 7) is 0.620. The van der Waals surface area contributed by atoms with Crippen molar-refractivity contribution in [3.8, 4) is 0 Å². The summed E-state index contributed by atoms with van der Waals surface area (Å²) in [6.07, 6.45) is 1.73. The average Bonchev–Trinajstić information content (AvgIpc) is 2.57. The number of anilines is 4. The third kappa shape index (κ3) is 2.51. The molecule has 0 bridgehead atoms. The molecule has 6 nitrogen and oxygen atoms in total. The van der Waals surface area contributed by atoms with E-state index in [2.05, 4.69) is 20.3 Å². The molecule has 0 radical (unpaired) electrons. The number of fused-ring (bicyclic) bond motifs is 2. The highest BCUT2D eigenvalue weighted by Gasteiger charge is 2.13. The summed E-state index contributed by atoms with van der Waals surface area (Å²) in [5.74, 6) is 0.771. The SMILES string of the molecule is O=S(O)Nc1ccc2c(c1)CNc1cccnc1N2. The zero-order chi connectivity index (χ0) is 13.2. The number of nitrogens with one attached hydrogen (secondary N) is 3. The molecule has 1 aliphatic heterocycles. The fraction of sp³-hybridized carbons (Fsp3) is 0.0833. The summed E-state index contributed by atoms with van der Waals surface area (Å²) < 4.78 is 22.0. The summed E-state index contributed by atoms with van der Waals surface area (Å²) in [5, 5.41) is 6.51. The second kappa shape index (κ2) is 4.87. The molecule has 0 fully saturated rings. The molecule has 7 heteroatoms. The molecule has 2 aromatic rings. The molecule has 0 aliphatic carbocycles. The first-order valence-electron chi connectivity index (χ1n) is 5.69. The molecule has 0 spiro atoms. The maximum atomic E-state index is 10.7. The van der Waals surface area contributed by atoms with Crippen molar-refractivity contribution in [2.24, 2.45) is 0 Å². The number of pyridine rings is 1. The monoisotopic (exact) mass is 276 g/mol. The van der Waals surface area contributed by atoms with Gasteiger partial charge in [-0.05, 0) is 35.9 Å². The van der Waals surface area contributed by atoms with E-state index >= 15 is 0 Å². The highest BCUT2D eigenvalue weighted by Crippen LogP contribution is 2.31. The van der Waals surface area contributed by atoms with Crippen LogP contribution in [0, 0.1) is 0 Å². The van der Waals surface area contributed by atoms with Gasteiger partial charge in [-0.25, -0.2) is 9.19 Å². The van der Waals surface area contributed by atoms with Crippen molar-refractivity contribution in [1.29, 1.82) is 0 Å². The van der Waals surface area contributed by atoms with Crippen molar-refractivity contribution < 1.29 is 8.76 Å². The molecule has 0 saturated carbocycles. The fourth-order valence-corrected chi connectivity index (χ4v) is 2.32. The number of hydrogen-bond donors (Lipinski definition) is 4. The first kappa shape index (κ1) is 11.9. The molecule has 1 atom stereocenters. The summed E-state index contributed by atoms with van der Waals surface area (Å²) in [4.78, 5) is 4.27. The molecule has 0 saturated heterocycles. The van der Waals surface area contributed by atoms with Crippen LogP contribution in [0.4, 0.5) is 22.9 Å². The van der Waals surface area contributed by atoms with E-state index in [1.165, 1.54) is 0 Å². The molecule has 4 N–H and O–H groups in total. The predicted molar refractivity (Wildman–Crippen MR) is 75.7 cm³/mol. The Balaban J connectivity index is 1.95. The summed E-state index contributed by atoms with van der Waals surface area (Å²) in [7, 11) is 0.